The number of rotatable bonds is 14. The quantitative estimate of drug-likeness (QED) is 0.0107. The van der Waals surface area contributed by atoms with Crippen LogP contribution in [0.3, 0.4) is 0 Å². The molecule has 0 radical (unpaired) electrons. The molecule has 4 aromatic rings. The van der Waals surface area contributed by atoms with Gasteiger partial charge < -0.3 is 70.3 Å². The molecule has 0 aromatic carbocycles. The molecule has 57 heavy (non-hydrogen) atoms. The second-order valence-corrected chi connectivity index (χ2v) is 11.3. The van der Waals surface area contributed by atoms with Crippen LogP contribution in [0.4, 0.5) is 11.6 Å². The number of nitro groups is 2. The van der Waals surface area contributed by atoms with Crippen molar-refractivity contribution >= 4 is 83.0 Å². The summed E-state index contributed by atoms with van der Waals surface area (Å²) in [5.74, 6) is -3.62. The number of aliphatic carboxylic acids is 2. The van der Waals surface area contributed by atoms with Gasteiger partial charge in [0.15, 0.2) is 22.2 Å². The molecule has 0 spiro atoms. The third kappa shape index (κ3) is 19.4. The van der Waals surface area contributed by atoms with Crippen molar-refractivity contribution in [3.63, 3.8) is 0 Å². The van der Waals surface area contributed by atoms with E-state index >= 15 is 0 Å². The summed E-state index contributed by atoms with van der Waals surface area (Å²) >= 11 is 2.51. The molecule has 0 aliphatic carbocycles. The first-order valence-electron chi connectivity index (χ1n) is 14.5. The molecule has 0 aliphatic rings. The molecule has 4 aromatic heterocycles. The van der Waals surface area contributed by atoms with Gasteiger partial charge in [0.25, 0.3) is 11.6 Å². The predicted octanol–water partition coefficient (Wildman–Crippen LogP) is -7.61. The van der Waals surface area contributed by atoms with Crippen LogP contribution < -0.4 is 75.1 Å². The van der Waals surface area contributed by atoms with E-state index in [2.05, 4.69) is 50.5 Å². The number of carboxylic acid groups (broad SMARTS) is 2. The molecule has 0 amide bonds. The first kappa shape index (κ1) is 56.0. The van der Waals surface area contributed by atoms with Crippen molar-refractivity contribution in [1.82, 2.24) is 49.6 Å². The number of aromatic amines is 2. The Morgan fingerprint density at radius 3 is 1.32 bits per heavy atom. The summed E-state index contributed by atoms with van der Waals surface area (Å²) in [7, 11) is 0. The molecule has 18 N–H and O–H groups in total. The maximum absolute atomic E-state index is 11.4. The Balaban J connectivity index is -0.000000675. The van der Waals surface area contributed by atoms with Crippen LogP contribution in [0.1, 0.15) is 25.7 Å². The number of carboxylic acids is 2. The van der Waals surface area contributed by atoms with Crippen molar-refractivity contribution in [1.29, 1.82) is 0 Å². The zero-order chi connectivity index (χ0) is 41.1. The zero-order valence-corrected chi connectivity index (χ0v) is 34.6. The minimum absolute atomic E-state index is 0. The summed E-state index contributed by atoms with van der Waals surface area (Å²) in [5, 5.41) is 56.8. The summed E-state index contributed by atoms with van der Waals surface area (Å²) in [5.41, 5.74) is 28.9. The number of fused-ring (bicyclic) bond motifs is 2. The van der Waals surface area contributed by atoms with Crippen molar-refractivity contribution in [2.45, 2.75) is 48.1 Å². The summed E-state index contributed by atoms with van der Waals surface area (Å²) in [6, 6.07) is -1.64. The van der Waals surface area contributed by atoms with E-state index < -0.39 is 56.6 Å². The largest absolute Gasteiger partial charge is 1.00 e. The van der Waals surface area contributed by atoms with Crippen LogP contribution in [-0.2, 0) is 9.59 Å². The number of hydrogen-bond donors (Lipinski definition) is 10. The second kappa shape index (κ2) is 28.2. The van der Waals surface area contributed by atoms with Crippen LogP contribution in [0.5, 0.6) is 0 Å². The Hall–Kier alpha value is -5.29. The third-order valence-corrected chi connectivity index (χ3v) is 6.92. The van der Waals surface area contributed by atoms with E-state index in [0.29, 0.717) is 49.1 Å². The van der Waals surface area contributed by atoms with Crippen LogP contribution in [0, 0.1) is 20.2 Å². The van der Waals surface area contributed by atoms with Gasteiger partial charge in [0.1, 0.15) is 12.1 Å². The van der Waals surface area contributed by atoms with E-state index in [1.807, 2.05) is 0 Å². The molecular weight excluding hydrogens is 843 g/mol. The van der Waals surface area contributed by atoms with Crippen molar-refractivity contribution < 1.29 is 64.7 Å². The number of nitrogens with two attached hydrogens (primary N) is 6. The molecule has 0 bridgehead atoms. The van der Waals surface area contributed by atoms with Gasteiger partial charge in [-0.25, -0.2) is 0 Å². The van der Waals surface area contributed by atoms with Crippen molar-refractivity contribution in [2.24, 2.45) is 44.4 Å². The zero-order valence-electron chi connectivity index (χ0n) is 30.1. The molecule has 1 unspecified atom stereocenters. The van der Waals surface area contributed by atoms with Gasteiger partial charge in [-0.15, -0.1) is 12.4 Å². The van der Waals surface area contributed by atoms with E-state index in [9.17, 15) is 39.4 Å². The number of nitrogens with zero attached hydrogens (tertiary/aromatic N) is 12. The van der Waals surface area contributed by atoms with Crippen LogP contribution in [0.25, 0.3) is 11.6 Å². The van der Waals surface area contributed by atoms with Crippen LogP contribution in [0.15, 0.2) is 29.9 Å². The molecule has 4 rings (SSSR count). The van der Waals surface area contributed by atoms with Crippen LogP contribution >= 0.6 is 35.9 Å². The number of nitrogens with one attached hydrogen (secondary N) is 2. The van der Waals surface area contributed by atoms with Gasteiger partial charge in [-0.1, -0.05) is 23.5 Å². The van der Waals surface area contributed by atoms with Gasteiger partial charge in [0.05, 0.1) is 10.2 Å². The molecule has 4 heterocycles. The fourth-order valence-electron chi connectivity index (χ4n) is 3.21. The third-order valence-electron chi connectivity index (χ3n) is 5.78. The number of guanidine groups is 2. The number of H-pyrrole nitrogens is 2. The summed E-state index contributed by atoms with van der Waals surface area (Å²) in [4.78, 5) is 77.4. The van der Waals surface area contributed by atoms with Gasteiger partial charge in [0.2, 0.25) is 0 Å². The molecular formula is C22H39ClN20NaO11S2+. The molecule has 0 saturated heterocycles. The summed E-state index contributed by atoms with van der Waals surface area (Å²) in [6.07, 6.45) is 5.39. The monoisotopic (exact) mass is 881 g/mol. The maximum Gasteiger partial charge on any atom is 1.00 e. The minimum atomic E-state index is -1.00. The van der Waals surface area contributed by atoms with E-state index in [4.69, 9.17) is 44.6 Å². The number of aliphatic imine (C=N–C) groups is 2. The standard InChI is InChI=1S/2C6H14N4O2.2C5H4N6O3S.ClH.Na.H2O/c2*7-4(5(11)12)2-1-3-10-6(8)9;2*1-15-5-6-4-8-7-2(11(13)14)3(12)10(4)9-5;;;/h2*4H,1-3,7H2,(H,11,12)(H4,8,9,10);2*1H3,(H,6,8,9);1H;;1H2/q;;;;;+1;/t4-;;;;;;/m0....../s1. The second-order valence-electron chi connectivity index (χ2n) is 9.70. The predicted molar refractivity (Wildman–Crippen MR) is 202 cm³/mol. The molecule has 312 valence electrons. The number of carbonyl (C=O) groups is 2. The normalized spacial score (nSPS) is 10.7. The maximum atomic E-state index is 11.4. The molecule has 31 nitrogen and oxygen atoms in total. The Labute approximate surface area is 354 Å². The first-order chi connectivity index (χ1) is 25.3. The number of hydrogen-bond acceptors (Lipinski definition) is 20. The van der Waals surface area contributed by atoms with Gasteiger partial charge in [0, 0.05) is 23.3 Å². The van der Waals surface area contributed by atoms with Crippen LogP contribution in [-0.4, -0.2) is 137 Å². The van der Waals surface area contributed by atoms with E-state index in [-0.39, 0.29) is 70.9 Å². The van der Waals surface area contributed by atoms with Crippen molar-refractivity contribution in [3.05, 3.63) is 40.9 Å². The first-order valence-corrected chi connectivity index (χ1v) is 16.9. The summed E-state index contributed by atoms with van der Waals surface area (Å²) in [6.45, 7) is 0.840. The van der Waals surface area contributed by atoms with Crippen molar-refractivity contribution in [2.75, 3.05) is 25.6 Å². The molecule has 2 atom stereocenters. The van der Waals surface area contributed by atoms with E-state index in [1.165, 1.54) is 23.5 Å². The van der Waals surface area contributed by atoms with E-state index in [1.54, 1.807) is 12.5 Å². The molecule has 0 fully saturated rings. The Morgan fingerprint density at radius 2 is 1.07 bits per heavy atom. The number of thioether (sulfide) groups is 2. The minimum Gasteiger partial charge on any atom is -0.480 e. The topological polar surface area (TPSA) is 525 Å². The molecule has 35 heteroatoms. The Morgan fingerprint density at radius 1 is 0.754 bits per heavy atom. The van der Waals surface area contributed by atoms with Gasteiger partial charge >= 0.3 is 64.3 Å². The molecule has 0 aliphatic heterocycles. The fourth-order valence-corrected chi connectivity index (χ4v) is 3.92. The average molecular weight is 882 g/mol. The summed E-state index contributed by atoms with van der Waals surface area (Å²) < 4.78 is 1.77. The smallest absolute Gasteiger partial charge is 0.480 e. The number of halogens is 1. The van der Waals surface area contributed by atoms with Gasteiger partial charge in [-0.2, -0.15) is 19.0 Å². The Kier molecular flexibility index (Phi) is 27.7. The SMILES string of the molecule is CSc1nc2nnc([N+](=O)[O-])c(=O)n2[nH]1.CSc1nc2nnc([N+](=O)[O-])c(=O)n2[nH]1.Cl.NC(N)=NCCCC(N)C(=O)O.NC(N)=NCCC[C@H](N)C(=O)O.O.[Na+]. The Bertz CT molecular complexity index is 1940. The van der Waals surface area contributed by atoms with Gasteiger partial charge in [-0.3, -0.25) is 39.4 Å². The van der Waals surface area contributed by atoms with E-state index in [0.717, 1.165) is 9.03 Å². The molecule has 0 saturated carbocycles. The van der Waals surface area contributed by atoms with Crippen LogP contribution in [0.2, 0.25) is 0 Å². The number of aromatic nitrogens is 10. The van der Waals surface area contributed by atoms with Gasteiger partial charge in [-0.05, 0) is 48.0 Å². The van der Waals surface area contributed by atoms with Crippen molar-refractivity contribution in [3.8, 4) is 0 Å². The average Bonchev–Trinajstić information content (AvgIpc) is 3.74. The fraction of sp³-hybridized carbons (Fsp3) is 0.455.